The third-order valence-corrected chi connectivity index (χ3v) is 11.4. The van der Waals surface area contributed by atoms with Gasteiger partial charge in [0.05, 0.1) is 12.0 Å². The maximum absolute atomic E-state index is 8.14. The maximum atomic E-state index is 8.14. The standard InChI is InChI=1S/C51H30N4/c1-52-46-21-11-20-44-47(46)41-29-28-37(31-45(41)51(44)42-18-9-7-16-39(42)40-17-8-10-19-43(40)51)33-22-25-35(26-23-33)49-53-48(34-13-3-2-4-14-34)54-50(55-49)38-27-24-32-12-5-6-15-36(32)30-38/h2-31H. The Hall–Kier alpha value is -7.48. The molecule has 0 fully saturated rings. The van der Waals surface area contributed by atoms with Crippen molar-refractivity contribution >= 4 is 16.5 Å². The third kappa shape index (κ3) is 4.60. The molecule has 8 aromatic carbocycles. The molecule has 0 aliphatic heterocycles. The van der Waals surface area contributed by atoms with Crippen LogP contribution in [0.4, 0.5) is 5.69 Å². The van der Waals surface area contributed by atoms with Crippen molar-refractivity contribution in [3.8, 4) is 67.5 Å². The first-order valence-corrected chi connectivity index (χ1v) is 18.5. The van der Waals surface area contributed by atoms with Crippen molar-refractivity contribution in [1.29, 1.82) is 0 Å². The van der Waals surface area contributed by atoms with E-state index in [0.717, 1.165) is 44.3 Å². The Morgan fingerprint density at radius 3 is 1.62 bits per heavy atom. The van der Waals surface area contributed by atoms with E-state index in [0.29, 0.717) is 23.2 Å². The van der Waals surface area contributed by atoms with Gasteiger partial charge in [-0.25, -0.2) is 19.8 Å². The van der Waals surface area contributed by atoms with Crippen molar-refractivity contribution in [3.63, 3.8) is 0 Å². The molecule has 254 valence electrons. The van der Waals surface area contributed by atoms with Gasteiger partial charge in [0.15, 0.2) is 23.2 Å². The molecule has 2 aliphatic rings. The summed E-state index contributed by atoms with van der Waals surface area (Å²) in [5.41, 5.74) is 14.7. The highest BCUT2D eigenvalue weighted by Crippen LogP contribution is 2.64. The van der Waals surface area contributed by atoms with E-state index in [2.05, 4.69) is 144 Å². The van der Waals surface area contributed by atoms with Gasteiger partial charge in [-0.3, -0.25) is 0 Å². The van der Waals surface area contributed by atoms with Gasteiger partial charge in [-0.15, -0.1) is 0 Å². The van der Waals surface area contributed by atoms with Crippen molar-refractivity contribution < 1.29 is 0 Å². The molecule has 4 heteroatoms. The predicted molar refractivity (Wildman–Crippen MR) is 222 cm³/mol. The first-order chi connectivity index (χ1) is 27.2. The minimum absolute atomic E-state index is 0.521. The second-order valence-electron chi connectivity index (χ2n) is 14.2. The van der Waals surface area contributed by atoms with Gasteiger partial charge in [0.2, 0.25) is 0 Å². The monoisotopic (exact) mass is 698 g/mol. The van der Waals surface area contributed by atoms with E-state index in [1.165, 1.54) is 38.8 Å². The number of aromatic nitrogens is 3. The molecule has 0 saturated heterocycles. The third-order valence-electron chi connectivity index (χ3n) is 11.4. The van der Waals surface area contributed by atoms with E-state index < -0.39 is 5.41 Å². The van der Waals surface area contributed by atoms with E-state index in [1.54, 1.807) is 0 Å². The van der Waals surface area contributed by atoms with Gasteiger partial charge in [-0.05, 0) is 78.5 Å². The van der Waals surface area contributed by atoms with Crippen LogP contribution in [0.15, 0.2) is 182 Å². The molecule has 11 rings (SSSR count). The molecule has 0 amide bonds. The van der Waals surface area contributed by atoms with Crippen LogP contribution in [-0.4, -0.2) is 15.0 Å². The average Bonchev–Trinajstić information content (AvgIpc) is 3.73. The second kappa shape index (κ2) is 12.0. The van der Waals surface area contributed by atoms with E-state index >= 15 is 0 Å². The molecule has 2 aliphatic carbocycles. The van der Waals surface area contributed by atoms with Crippen LogP contribution in [0.1, 0.15) is 22.3 Å². The molecule has 4 nitrogen and oxygen atoms in total. The van der Waals surface area contributed by atoms with Gasteiger partial charge < -0.3 is 0 Å². The number of hydrogen-bond donors (Lipinski definition) is 0. The zero-order valence-electron chi connectivity index (χ0n) is 29.6. The number of benzene rings is 8. The Bertz CT molecular complexity index is 3000. The van der Waals surface area contributed by atoms with E-state index in [9.17, 15) is 0 Å². The molecule has 1 aromatic heterocycles. The Labute approximate surface area is 318 Å². The fourth-order valence-corrected chi connectivity index (χ4v) is 8.93. The summed E-state index contributed by atoms with van der Waals surface area (Å²) in [7, 11) is 0. The lowest BCUT2D eigenvalue weighted by Crippen LogP contribution is -2.25. The SMILES string of the molecule is [C-]#[N+]c1cccc2c1-c1ccc(-c3ccc(-c4nc(-c5ccccc5)nc(-c5ccc6ccccc6c5)n4)cc3)cc1C21c2ccccc2-c2ccccc21. The van der Waals surface area contributed by atoms with Gasteiger partial charge in [0, 0.05) is 16.7 Å². The van der Waals surface area contributed by atoms with Crippen LogP contribution in [0.2, 0.25) is 0 Å². The first kappa shape index (κ1) is 31.1. The molecule has 0 saturated carbocycles. The summed E-state index contributed by atoms with van der Waals surface area (Å²) < 4.78 is 0. The lowest BCUT2D eigenvalue weighted by atomic mass is 9.70. The van der Waals surface area contributed by atoms with E-state index in [-0.39, 0.29) is 0 Å². The molecular formula is C51H30N4. The zero-order valence-corrected chi connectivity index (χ0v) is 29.6. The van der Waals surface area contributed by atoms with E-state index in [4.69, 9.17) is 21.5 Å². The summed E-state index contributed by atoms with van der Waals surface area (Å²) in [6.45, 7) is 8.14. The summed E-state index contributed by atoms with van der Waals surface area (Å²) in [5.74, 6) is 1.90. The van der Waals surface area contributed by atoms with E-state index in [1.807, 2.05) is 42.5 Å². The van der Waals surface area contributed by atoms with Crippen molar-refractivity contribution in [2.75, 3.05) is 0 Å². The summed E-state index contributed by atoms with van der Waals surface area (Å²) in [6, 6.07) is 63.8. The average molecular weight is 699 g/mol. The number of rotatable bonds is 4. The molecular weight excluding hydrogens is 669 g/mol. The first-order valence-electron chi connectivity index (χ1n) is 18.5. The fourth-order valence-electron chi connectivity index (χ4n) is 8.93. The summed E-state index contributed by atoms with van der Waals surface area (Å²) >= 11 is 0. The van der Waals surface area contributed by atoms with Crippen molar-refractivity contribution in [2.45, 2.75) is 5.41 Å². The fraction of sp³-hybridized carbons (Fsp3) is 0.0196. The molecule has 0 N–H and O–H groups in total. The van der Waals surface area contributed by atoms with Gasteiger partial charge in [-0.1, -0.05) is 170 Å². The highest BCUT2D eigenvalue weighted by molar-refractivity contribution is 5.99. The summed E-state index contributed by atoms with van der Waals surface area (Å²) in [4.78, 5) is 19.0. The molecule has 55 heavy (non-hydrogen) atoms. The molecule has 0 bridgehead atoms. The topological polar surface area (TPSA) is 43.0 Å². The van der Waals surface area contributed by atoms with Gasteiger partial charge in [-0.2, -0.15) is 0 Å². The quantitative estimate of drug-likeness (QED) is 0.172. The minimum Gasteiger partial charge on any atom is -0.238 e. The van der Waals surface area contributed by atoms with Crippen molar-refractivity contribution in [1.82, 2.24) is 15.0 Å². The highest BCUT2D eigenvalue weighted by atomic mass is 15.0. The normalized spacial score (nSPS) is 12.9. The van der Waals surface area contributed by atoms with Crippen LogP contribution < -0.4 is 0 Å². The van der Waals surface area contributed by atoms with Crippen LogP contribution in [0.3, 0.4) is 0 Å². The molecule has 1 spiro atoms. The Morgan fingerprint density at radius 2 is 0.909 bits per heavy atom. The number of hydrogen-bond acceptors (Lipinski definition) is 3. The Morgan fingerprint density at radius 1 is 0.364 bits per heavy atom. The Kier molecular flexibility index (Phi) is 6.80. The van der Waals surface area contributed by atoms with Crippen LogP contribution in [0, 0.1) is 6.57 Å². The molecule has 1 heterocycles. The Balaban J connectivity index is 1.05. The van der Waals surface area contributed by atoms with Gasteiger partial charge >= 0.3 is 0 Å². The minimum atomic E-state index is -0.521. The second-order valence-corrected chi connectivity index (χ2v) is 14.2. The van der Waals surface area contributed by atoms with Crippen LogP contribution >= 0.6 is 0 Å². The number of fused-ring (bicyclic) bond motifs is 11. The molecule has 0 atom stereocenters. The van der Waals surface area contributed by atoms with Gasteiger partial charge in [0.1, 0.15) is 0 Å². The lowest BCUT2D eigenvalue weighted by molar-refractivity contribution is 0.794. The van der Waals surface area contributed by atoms with Crippen molar-refractivity contribution in [3.05, 3.63) is 216 Å². The van der Waals surface area contributed by atoms with Crippen LogP contribution in [-0.2, 0) is 5.41 Å². The largest absolute Gasteiger partial charge is 0.238 e. The lowest BCUT2D eigenvalue weighted by Gasteiger charge is -2.31. The zero-order chi connectivity index (χ0) is 36.5. The molecule has 0 radical (unpaired) electrons. The number of nitrogens with zero attached hydrogens (tertiary/aromatic N) is 4. The smallest absolute Gasteiger partial charge is 0.195 e. The molecule has 0 unspecified atom stereocenters. The highest BCUT2D eigenvalue weighted by Gasteiger charge is 2.52. The van der Waals surface area contributed by atoms with Gasteiger partial charge in [0.25, 0.3) is 0 Å². The predicted octanol–water partition coefficient (Wildman–Crippen LogP) is 12.6. The summed E-state index contributed by atoms with van der Waals surface area (Å²) in [5, 5.41) is 2.32. The van der Waals surface area contributed by atoms with Crippen LogP contribution in [0.5, 0.6) is 0 Å². The summed E-state index contributed by atoms with van der Waals surface area (Å²) in [6.07, 6.45) is 0. The van der Waals surface area contributed by atoms with Crippen molar-refractivity contribution in [2.24, 2.45) is 0 Å². The molecule has 9 aromatic rings. The maximum Gasteiger partial charge on any atom is 0.195 e. The van der Waals surface area contributed by atoms with Crippen LogP contribution in [0.25, 0.3) is 83.2 Å².